The first-order chi connectivity index (χ1) is 8.45. The molecule has 3 heteroatoms. The second-order valence-electron chi connectivity index (χ2n) is 3.98. The minimum absolute atomic E-state index is 0. The third-order valence-corrected chi connectivity index (χ3v) is 5.53. The van der Waals surface area contributed by atoms with Crippen LogP contribution in [0.3, 0.4) is 0 Å². The Morgan fingerprint density at radius 3 is 1.83 bits per heavy atom. The van der Waals surface area contributed by atoms with Gasteiger partial charge in [0.1, 0.15) is 0 Å². The van der Waals surface area contributed by atoms with E-state index in [1.807, 2.05) is 32.1 Å². The van der Waals surface area contributed by atoms with E-state index >= 15 is 0 Å². The van der Waals surface area contributed by atoms with E-state index in [2.05, 4.69) is 49.2 Å². The molecule has 1 saturated heterocycles. The molecule has 3 fully saturated rings. The monoisotopic (exact) mass is 318 g/mol. The molecule has 2 saturated carbocycles. The van der Waals surface area contributed by atoms with Gasteiger partial charge in [-0.25, -0.2) is 0 Å². The fourth-order valence-electron chi connectivity index (χ4n) is 1.72. The second kappa shape index (κ2) is 10.9. The zero-order valence-corrected chi connectivity index (χ0v) is 13.0. The summed E-state index contributed by atoms with van der Waals surface area (Å²) in [7, 11) is 0. The van der Waals surface area contributed by atoms with Crippen molar-refractivity contribution in [1.82, 2.24) is 0 Å². The summed E-state index contributed by atoms with van der Waals surface area (Å²) in [5, 5.41) is 0. The summed E-state index contributed by atoms with van der Waals surface area (Å²) in [5.74, 6) is 4.22. The summed E-state index contributed by atoms with van der Waals surface area (Å²) in [6.07, 6.45) is 21.4. The van der Waals surface area contributed by atoms with Gasteiger partial charge >= 0.3 is 0 Å². The molecule has 18 heavy (non-hydrogen) atoms. The van der Waals surface area contributed by atoms with Crippen molar-refractivity contribution < 1.29 is 17.1 Å². The summed E-state index contributed by atoms with van der Waals surface area (Å²) >= 11 is 4.25. The van der Waals surface area contributed by atoms with Crippen LogP contribution in [-0.4, -0.2) is 16.1 Å². The Labute approximate surface area is 133 Å². The first kappa shape index (κ1) is 17.3. The van der Waals surface area contributed by atoms with Gasteiger partial charge in [-0.05, 0) is 88.1 Å². The molecule has 98 valence electrons. The topological polar surface area (TPSA) is 0 Å². The van der Waals surface area contributed by atoms with Crippen LogP contribution in [0.2, 0.25) is 0 Å². The van der Waals surface area contributed by atoms with Crippen molar-refractivity contribution in [2.75, 3.05) is 11.5 Å². The van der Waals surface area contributed by atoms with Crippen LogP contribution in [0.15, 0.2) is 0 Å². The number of rotatable bonds is 2. The van der Waals surface area contributed by atoms with Crippen molar-refractivity contribution in [3.05, 3.63) is 63.7 Å². The van der Waals surface area contributed by atoms with Crippen molar-refractivity contribution >= 4 is 23.5 Å². The van der Waals surface area contributed by atoms with E-state index in [9.17, 15) is 0 Å². The molecule has 0 bridgehead atoms. The molecule has 3 aliphatic rings. The summed E-state index contributed by atoms with van der Waals surface area (Å²) in [4.78, 5) is 0. The van der Waals surface area contributed by atoms with Crippen LogP contribution >= 0.6 is 23.5 Å². The van der Waals surface area contributed by atoms with Crippen molar-refractivity contribution in [3.63, 3.8) is 0 Å². The molecule has 1 aliphatic heterocycles. The fraction of sp³-hybridized carbons (Fsp3) is 0.333. The Bertz CT molecular complexity index is 175. The molecule has 3 rings (SSSR count). The SMILES string of the molecule is [CH]1[CH][CH][CH][CH]1.[CH]1[CH][CH][C](CC2SCCCS2)[CH]1.[Fe]. The Morgan fingerprint density at radius 1 is 0.833 bits per heavy atom. The van der Waals surface area contributed by atoms with Crippen molar-refractivity contribution in [3.8, 4) is 0 Å². The molecule has 0 N–H and O–H groups in total. The van der Waals surface area contributed by atoms with E-state index in [0.717, 1.165) is 4.58 Å². The van der Waals surface area contributed by atoms with Crippen LogP contribution in [0, 0.1) is 63.7 Å². The molecule has 0 aromatic heterocycles. The van der Waals surface area contributed by atoms with Gasteiger partial charge in [0.2, 0.25) is 0 Å². The average Bonchev–Trinajstić information content (AvgIpc) is 3.06. The first-order valence-corrected chi connectivity index (χ1v) is 8.15. The third kappa shape index (κ3) is 7.12. The average molecular weight is 318 g/mol. The molecular weight excluding hydrogens is 300 g/mol. The number of thioether (sulfide) groups is 2. The van der Waals surface area contributed by atoms with Crippen molar-refractivity contribution in [2.24, 2.45) is 0 Å². The Morgan fingerprint density at radius 2 is 1.33 bits per heavy atom. The molecule has 0 unspecified atom stereocenters. The predicted octanol–water partition coefficient (Wildman–Crippen LogP) is 4.00. The predicted molar refractivity (Wildman–Crippen MR) is 79.9 cm³/mol. The van der Waals surface area contributed by atoms with Crippen LogP contribution in [-0.2, 0) is 17.1 Å². The van der Waals surface area contributed by atoms with Crippen LogP contribution in [0.25, 0.3) is 0 Å². The van der Waals surface area contributed by atoms with E-state index in [1.165, 1.54) is 30.3 Å². The molecule has 0 atom stereocenters. The number of hydrogen-bond donors (Lipinski definition) is 0. The Balaban J connectivity index is 0.000000230. The van der Waals surface area contributed by atoms with Crippen LogP contribution < -0.4 is 0 Å². The van der Waals surface area contributed by atoms with Crippen molar-refractivity contribution in [2.45, 2.75) is 17.4 Å². The van der Waals surface area contributed by atoms with E-state index in [-0.39, 0.29) is 17.1 Å². The van der Waals surface area contributed by atoms with Gasteiger partial charge < -0.3 is 0 Å². The maximum atomic E-state index is 2.23. The molecule has 1 heterocycles. The molecular formula is C15H18FeS2. The Hall–Kier alpha value is 1.22. The first-order valence-electron chi connectivity index (χ1n) is 6.05. The van der Waals surface area contributed by atoms with Gasteiger partial charge in [0.15, 0.2) is 0 Å². The van der Waals surface area contributed by atoms with Gasteiger partial charge in [0.25, 0.3) is 0 Å². The molecule has 0 aromatic carbocycles. The maximum Gasteiger partial charge on any atom is 0.0508 e. The van der Waals surface area contributed by atoms with Gasteiger partial charge in [0.05, 0.1) is 4.58 Å². The van der Waals surface area contributed by atoms with Gasteiger partial charge in [-0.1, -0.05) is 0 Å². The zero-order chi connectivity index (χ0) is 11.8. The summed E-state index contributed by atoms with van der Waals surface area (Å²) in [6, 6.07) is 0. The van der Waals surface area contributed by atoms with Crippen molar-refractivity contribution in [1.29, 1.82) is 0 Å². The van der Waals surface area contributed by atoms with E-state index in [0.29, 0.717) is 0 Å². The normalized spacial score (nSPS) is 25.3. The van der Waals surface area contributed by atoms with Crippen LogP contribution in [0.4, 0.5) is 0 Å². The van der Waals surface area contributed by atoms with Gasteiger partial charge in [-0.2, -0.15) is 0 Å². The smallest absolute Gasteiger partial charge is 0.0508 e. The largest absolute Gasteiger partial charge is 0.148 e. The molecule has 0 nitrogen and oxygen atoms in total. The fourth-order valence-corrected chi connectivity index (χ4v) is 4.63. The minimum Gasteiger partial charge on any atom is -0.148 e. The third-order valence-electron chi connectivity index (χ3n) is 2.59. The van der Waals surface area contributed by atoms with E-state index in [1.54, 1.807) is 0 Å². The van der Waals surface area contributed by atoms with E-state index < -0.39 is 0 Å². The zero-order valence-electron chi connectivity index (χ0n) is 10.3. The molecule has 0 aromatic rings. The molecule has 0 amide bonds. The van der Waals surface area contributed by atoms with E-state index in [4.69, 9.17) is 0 Å². The van der Waals surface area contributed by atoms with Gasteiger partial charge in [-0.3, -0.25) is 0 Å². The molecule has 10 radical (unpaired) electrons. The quantitative estimate of drug-likeness (QED) is 0.706. The van der Waals surface area contributed by atoms with Gasteiger partial charge in [-0.15, -0.1) is 23.5 Å². The minimum atomic E-state index is 0. The molecule has 2 aliphatic carbocycles. The summed E-state index contributed by atoms with van der Waals surface area (Å²) < 4.78 is 0.821. The number of hydrogen-bond acceptors (Lipinski definition) is 2. The molecule has 0 spiro atoms. The second-order valence-corrected chi connectivity index (χ2v) is 6.90. The summed E-state index contributed by atoms with van der Waals surface area (Å²) in [5.41, 5.74) is 0. The van der Waals surface area contributed by atoms with Crippen LogP contribution in [0.1, 0.15) is 12.8 Å². The standard InChI is InChI=1S/C10H13S2.C5H5.Fe/c1-2-5-9(4-1)8-10-11-6-3-7-12-10;1-2-4-5-3-1;/h1-2,4-5,10H,3,6-8H2;1-5H;. The maximum absolute atomic E-state index is 2.23. The van der Waals surface area contributed by atoms with Gasteiger partial charge in [0, 0.05) is 17.1 Å². The van der Waals surface area contributed by atoms with Crippen LogP contribution in [0.5, 0.6) is 0 Å². The Kier molecular flexibility index (Phi) is 10.5. The summed E-state index contributed by atoms with van der Waals surface area (Å²) in [6.45, 7) is 0.